The number of aliphatic hydroxyl groups is 1. The molecule has 3 aliphatic rings. The molecule has 41 heavy (non-hydrogen) atoms. The van der Waals surface area contributed by atoms with Gasteiger partial charge in [0.1, 0.15) is 17.6 Å². The largest absolute Gasteiger partial charge is 0.465 e. The second-order valence-corrected chi connectivity index (χ2v) is 12.0. The zero-order valence-electron chi connectivity index (χ0n) is 24.4. The van der Waals surface area contributed by atoms with Gasteiger partial charge in [-0.05, 0) is 62.3 Å². The smallest absolute Gasteiger partial charge is 0.312 e. The number of carbonyl (C=O) groups excluding carboxylic acids is 3. The van der Waals surface area contributed by atoms with Crippen molar-refractivity contribution < 1.29 is 29.0 Å². The predicted octanol–water partition coefficient (Wildman–Crippen LogP) is 4.93. The van der Waals surface area contributed by atoms with E-state index >= 15 is 0 Å². The number of carbonyl (C=O) groups is 3. The Bertz CT molecular complexity index is 1160. The molecule has 9 heteroatoms. The van der Waals surface area contributed by atoms with E-state index in [9.17, 15) is 19.5 Å². The van der Waals surface area contributed by atoms with Gasteiger partial charge in [0.2, 0.25) is 5.91 Å². The average molecular weight is 587 g/mol. The van der Waals surface area contributed by atoms with E-state index < -0.39 is 41.1 Å². The van der Waals surface area contributed by atoms with E-state index in [2.05, 4.69) is 13.2 Å². The maximum atomic E-state index is 14.7. The van der Waals surface area contributed by atoms with Crippen molar-refractivity contribution in [3.05, 3.63) is 54.6 Å². The number of likely N-dealkylation sites (tertiary alicyclic amines) is 1. The number of halogens is 1. The summed E-state index contributed by atoms with van der Waals surface area (Å²) in [4.78, 5) is 46.0. The quantitative estimate of drug-likeness (QED) is 0.189. The molecule has 1 spiro atoms. The van der Waals surface area contributed by atoms with Crippen LogP contribution in [0.3, 0.4) is 0 Å². The van der Waals surface area contributed by atoms with Crippen LogP contribution in [0.2, 0.25) is 5.02 Å². The van der Waals surface area contributed by atoms with E-state index in [0.29, 0.717) is 49.2 Å². The Morgan fingerprint density at radius 2 is 1.95 bits per heavy atom. The first-order valence-electron chi connectivity index (χ1n) is 14.7. The number of hydrogen-bond acceptors (Lipinski definition) is 6. The molecule has 1 aromatic carbocycles. The van der Waals surface area contributed by atoms with Crippen LogP contribution in [0.1, 0.15) is 59.3 Å². The molecule has 1 aromatic rings. The van der Waals surface area contributed by atoms with Crippen LogP contribution >= 0.6 is 11.6 Å². The third-order valence-electron chi connectivity index (χ3n) is 9.46. The summed E-state index contributed by atoms with van der Waals surface area (Å²) in [5.41, 5.74) is -1.51. The van der Waals surface area contributed by atoms with Gasteiger partial charge in [0, 0.05) is 17.3 Å². The molecule has 1 N–H and O–H groups in total. The lowest BCUT2D eigenvalue weighted by Gasteiger charge is -2.41. The van der Waals surface area contributed by atoms with Gasteiger partial charge < -0.3 is 24.4 Å². The summed E-state index contributed by atoms with van der Waals surface area (Å²) in [7, 11) is 0. The first kappa shape index (κ1) is 31.3. The monoisotopic (exact) mass is 586 g/mol. The molecule has 2 bridgehead atoms. The third-order valence-corrected chi connectivity index (χ3v) is 9.72. The molecule has 0 radical (unpaired) electrons. The van der Waals surface area contributed by atoms with Crippen molar-refractivity contribution >= 4 is 35.1 Å². The molecular formula is C32H43ClN2O6. The molecular weight excluding hydrogens is 544 g/mol. The summed E-state index contributed by atoms with van der Waals surface area (Å²) in [6.07, 6.45) is 6.93. The number of esters is 1. The van der Waals surface area contributed by atoms with Gasteiger partial charge in [0.25, 0.3) is 5.91 Å². The number of rotatable bonds is 14. The highest BCUT2D eigenvalue weighted by Crippen LogP contribution is 2.65. The summed E-state index contributed by atoms with van der Waals surface area (Å²) >= 11 is 6.13. The Morgan fingerprint density at radius 1 is 1.24 bits per heavy atom. The molecule has 224 valence electrons. The number of aliphatic hydroxyl groups excluding tert-OH is 1. The third kappa shape index (κ3) is 5.23. The van der Waals surface area contributed by atoms with E-state index in [-0.39, 0.29) is 37.5 Å². The van der Waals surface area contributed by atoms with Gasteiger partial charge in [-0.3, -0.25) is 14.4 Å². The van der Waals surface area contributed by atoms with Crippen molar-refractivity contribution in [1.29, 1.82) is 0 Å². The van der Waals surface area contributed by atoms with Gasteiger partial charge in [-0.25, -0.2) is 0 Å². The first-order chi connectivity index (χ1) is 19.7. The van der Waals surface area contributed by atoms with Crippen LogP contribution in [-0.4, -0.2) is 70.8 Å². The molecule has 3 aliphatic heterocycles. The van der Waals surface area contributed by atoms with Crippen LogP contribution in [0.5, 0.6) is 0 Å². The van der Waals surface area contributed by atoms with Crippen molar-refractivity contribution in [2.75, 3.05) is 24.7 Å². The number of unbranched alkanes of at least 4 members (excludes halogenated alkanes) is 1. The molecule has 0 aliphatic carbocycles. The van der Waals surface area contributed by atoms with Gasteiger partial charge in [-0.1, -0.05) is 50.9 Å². The molecule has 7 atom stereocenters. The highest BCUT2D eigenvalue weighted by molar-refractivity contribution is 6.30. The molecule has 4 rings (SSSR count). The molecule has 0 aromatic heterocycles. The number of hydrogen-bond donors (Lipinski definition) is 1. The van der Waals surface area contributed by atoms with E-state index in [0.717, 1.165) is 0 Å². The summed E-state index contributed by atoms with van der Waals surface area (Å²) in [5, 5.41) is 11.1. The van der Waals surface area contributed by atoms with Crippen LogP contribution in [0.15, 0.2) is 49.6 Å². The van der Waals surface area contributed by atoms with Gasteiger partial charge >= 0.3 is 5.97 Å². The molecule has 3 fully saturated rings. The minimum absolute atomic E-state index is 0.0977. The lowest BCUT2D eigenvalue weighted by molar-refractivity contribution is -0.162. The number of allylic oxidation sites excluding steroid dienone is 1. The molecule has 3 heterocycles. The number of fused-ring (bicyclic) bond motifs is 1. The Balaban J connectivity index is 1.82. The van der Waals surface area contributed by atoms with Crippen molar-refractivity contribution in [1.82, 2.24) is 4.90 Å². The van der Waals surface area contributed by atoms with E-state index in [4.69, 9.17) is 21.1 Å². The van der Waals surface area contributed by atoms with Crippen molar-refractivity contribution in [2.45, 2.75) is 82.6 Å². The topological polar surface area (TPSA) is 96.4 Å². The van der Waals surface area contributed by atoms with Crippen LogP contribution in [0.4, 0.5) is 5.69 Å². The van der Waals surface area contributed by atoms with Crippen LogP contribution in [0, 0.1) is 17.8 Å². The van der Waals surface area contributed by atoms with Crippen LogP contribution in [0.25, 0.3) is 0 Å². The molecule has 0 saturated carbocycles. The normalized spacial score (nSPS) is 29.6. The standard InChI is InChI=1S/C32H43ClN2O6/c1-6-10-11-19-40-30(39)26-25-28(37)35(24(20-36)21(5)8-3)27(32(25)17-16-31(26,9-4)41-32)29(38)34(18-7-2)23-14-12-22(33)13-15-23/h6-7,12-15,21,24-27,36H,1-2,8-11,16-20H2,3-5H3/t21-,24-,25-,26+,27?,31-,32?/m0/s1. The fourth-order valence-corrected chi connectivity index (χ4v) is 7.30. The summed E-state index contributed by atoms with van der Waals surface area (Å²) in [6, 6.07) is 5.26. The fourth-order valence-electron chi connectivity index (χ4n) is 7.18. The summed E-state index contributed by atoms with van der Waals surface area (Å²) < 4.78 is 12.6. The Hall–Kier alpha value is -2.68. The number of nitrogens with zero attached hydrogens (tertiary/aromatic N) is 2. The molecule has 8 nitrogen and oxygen atoms in total. The maximum absolute atomic E-state index is 14.7. The molecule has 3 saturated heterocycles. The fraction of sp³-hybridized carbons (Fsp3) is 0.594. The predicted molar refractivity (Wildman–Crippen MR) is 158 cm³/mol. The summed E-state index contributed by atoms with van der Waals surface area (Å²) in [5.74, 6) is -2.95. The summed E-state index contributed by atoms with van der Waals surface area (Å²) in [6.45, 7) is 13.6. The number of benzene rings is 1. The van der Waals surface area contributed by atoms with Crippen LogP contribution in [-0.2, 0) is 23.9 Å². The number of ether oxygens (including phenoxy) is 2. The lowest BCUT2D eigenvalue weighted by atomic mass is 9.65. The Morgan fingerprint density at radius 3 is 2.54 bits per heavy atom. The highest BCUT2D eigenvalue weighted by atomic mass is 35.5. The zero-order valence-corrected chi connectivity index (χ0v) is 25.1. The second kappa shape index (κ2) is 12.7. The molecule has 2 amide bonds. The lowest BCUT2D eigenvalue weighted by Crippen LogP contribution is -2.60. The van der Waals surface area contributed by atoms with Crippen molar-refractivity contribution in [3.63, 3.8) is 0 Å². The van der Waals surface area contributed by atoms with Gasteiger partial charge in [-0.2, -0.15) is 0 Å². The van der Waals surface area contributed by atoms with Gasteiger partial charge in [0.15, 0.2) is 0 Å². The Kier molecular flexibility index (Phi) is 9.66. The SMILES string of the molecule is C=CCCCOC(=O)[C@H]1[C@H]2C(=O)N([C@@H](CO)[C@@H](C)CC)C(C(=O)N(CC=C)c3ccc(Cl)cc3)C23CC[C@]1(CC)O3. The van der Waals surface area contributed by atoms with Crippen molar-refractivity contribution in [2.24, 2.45) is 17.8 Å². The zero-order chi connectivity index (χ0) is 29.9. The highest BCUT2D eigenvalue weighted by Gasteiger charge is 2.79. The first-order valence-corrected chi connectivity index (χ1v) is 15.1. The maximum Gasteiger partial charge on any atom is 0.312 e. The van der Waals surface area contributed by atoms with Gasteiger partial charge in [-0.15, -0.1) is 13.2 Å². The van der Waals surface area contributed by atoms with E-state index in [1.54, 1.807) is 41.3 Å². The van der Waals surface area contributed by atoms with E-state index in [1.165, 1.54) is 4.90 Å². The minimum atomic E-state index is -1.22. The van der Waals surface area contributed by atoms with Crippen molar-refractivity contribution in [3.8, 4) is 0 Å². The average Bonchev–Trinajstić information content (AvgIpc) is 3.58. The van der Waals surface area contributed by atoms with Crippen LogP contribution < -0.4 is 4.90 Å². The molecule has 2 unspecified atom stereocenters. The number of amides is 2. The second-order valence-electron chi connectivity index (χ2n) is 11.5. The minimum Gasteiger partial charge on any atom is -0.465 e. The number of anilines is 1. The Labute approximate surface area is 248 Å². The van der Waals surface area contributed by atoms with E-state index in [1.807, 2.05) is 20.8 Å². The van der Waals surface area contributed by atoms with Gasteiger partial charge in [0.05, 0.1) is 30.8 Å².